The second kappa shape index (κ2) is 5.59. The van der Waals surface area contributed by atoms with Gasteiger partial charge in [0.2, 0.25) is 0 Å². The summed E-state index contributed by atoms with van der Waals surface area (Å²) in [7, 11) is 1.98. The fourth-order valence-corrected chi connectivity index (χ4v) is 2.47. The van der Waals surface area contributed by atoms with E-state index in [1.165, 1.54) is 0 Å². The Morgan fingerprint density at radius 1 is 1.39 bits per heavy atom. The molecule has 0 saturated heterocycles. The Hall–Kier alpha value is -1.26. The largest absolute Gasteiger partial charge is 0.396 e. The Bertz CT molecular complexity index is 560. The monoisotopic (exact) mass is 325 g/mol. The normalized spacial score (nSPS) is 10.4. The molecular formula is C13H13BrClN3. The van der Waals surface area contributed by atoms with Crippen LogP contribution < -0.4 is 10.6 Å². The predicted molar refractivity (Wildman–Crippen MR) is 79.9 cm³/mol. The van der Waals surface area contributed by atoms with Gasteiger partial charge in [-0.25, -0.2) is 0 Å². The molecule has 0 amide bonds. The van der Waals surface area contributed by atoms with E-state index in [-0.39, 0.29) is 0 Å². The first-order valence-electron chi connectivity index (χ1n) is 5.42. The topological polar surface area (TPSA) is 42.2 Å². The standard InChI is InChI=1S/C13H13BrClN3/c1-18(13-4-5-17-7-12(13)16)8-9-2-3-10(14)6-11(9)15/h2-7H,8,16H2,1H3. The van der Waals surface area contributed by atoms with Gasteiger partial charge in [-0.15, -0.1) is 0 Å². The van der Waals surface area contributed by atoms with E-state index in [2.05, 4.69) is 20.9 Å². The fourth-order valence-electron chi connectivity index (χ4n) is 1.74. The quantitative estimate of drug-likeness (QED) is 0.935. The number of halogens is 2. The number of hydrogen-bond donors (Lipinski definition) is 1. The van der Waals surface area contributed by atoms with Crippen molar-refractivity contribution >= 4 is 38.9 Å². The summed E-state index contributed by atoms with van der Waals surface area (Å²) < 4.78 is 0.974. The molecule has 5 heteroatoms. The van der Waals surface area contributed by atoms with Gasteiger partial charge >= 0.3 is 0 Å². The zero-order valence-electron chi connectivity index (χ0n) is 9.90. The molecule has 0 aliphatic carbocycles. The van der Waals surface area contributed by atoms with Crippen LogP contribution in [0.1, 0.15) is 5.56 Å². The Labute approximate surface area is 120 Å². The summed E-state index contributed by atoms with van der Waals surface area (Å²) in [5.41, 5.74) is 8.56. The van der Waals surface area contributed by atoms with Crippen LogP contribution in [0.5, 0.6) is 0 Å². The van der Waals surface area contributed by atoms with Crippen LogP contribution in [0.4, 0.5) is 11.4 Å². The molecule has 0 saturated carbocycles. The lowest BCUT2D eigenvalue weighted by Gasteiger charge is -2.21. The lowest BCUT2D eigenvalue weighted by Crippen LogP contribution is -2.18. The van der Waals surface area contributed by atoms with E-state index < -0.39 is 0 Å². The number of anilines is 2. The first-order chi connectivity index (χ1) is 8.58. The summed E-state index contributed by atoms with van der Waals surface area (Å²) >= 11 is 9.59. The van der Waals surface area contributed by atoms with E-state index in [4.69, 9.17) is 17.3 Å². The number of nitrogens with zero attached hydrogens (tertiary/aromatic N) is 2. The summed E-state index contributed by atoms with van der Waals surface area (Å²) in [5.74, 6) is 0. The molecule has 1 heterocycles. The van der Waals surface area contributed by atoms with Crippen molar-refractivity contribution in [1.82, 2.24) is 4.98 Å². The van der Waals surface area contributed by atoms with Gasteiger partial charge in [0.1, 0.15) is 0 Å². The van der Waals surface area contributed by atoms with E-state index >= 15 is 0 Å². The SMILES string of the molecule is CN(Cc1ccc(Br)cc1Cl)c1ccncc1N. The van der Waals surface area contributed by atoms with Crippen molar-refractivity contribution in [3.8, 4) is 0 Å². The molecule has 0 aliphatic rings. The number of nitrogens with two attached hydrogens (primary N) is 1. The van der Waals surface area contributed by atoms with Crippen molar-refractivity contribution in [3.05, 3.63) is 51.7 Å². The molecule has 94 valence electrons. The van der Waals surface area contributed by atoms with Gasteiger partial charge < -0.3 is 10.6 Å². The number of nitrogen functional groups attached to an aromatic ring is 1. The van der Waals surface area contributed by atoms with Gasteiger partial charge in [0.25, 0.3) is 0 Å². The van der Waals surface area contributed by atoms with E-state index in [0.29, 0.717) is 12.2 Å². The smallest absolute Gasteiger partial charge is 0.0738 e. The summed E-state index contributed by atoms with van der Waals surface area (Å²) in [6.07, 6.45) is 3.38. The number of hydrogen-bond acceptors (Lipinski definition) is 3. The second-order valence-electron chi connectivity index (χ2n) is 4.03. The molecule has 1 aromatic heterocycles. The Kier molecular flexibility index (Phi) is 4.09. The van der Waals surface area contributed by atoms with E-state index in [1.807, 2.05) is 36.2 Å². The van der Waals surface area contributed by atoms with Crippen LogP contribution >= 0.6 is 27.5 Å². The molecule has 0 atom stereocenters. The first-order valence-corrected chi connectivity index (χ1v) is 6.59. The summed E-state index contributed by atoms with van der Waals surface area (Å²) in [4.78, 5) is 6.03. The average Bonchev–Trinajstić information content (AvgIpc) is 2.33. The van der Waals surface area contributed by atoms with Crippen molar-refractivity contribution in [1.29, 1.82) is 0 Å². The highest BCUT2D eigenvalue weighted by Gasteiger charge is 2.08. The Morgan fingerprint density at radius 2 is 2.17 bits per heavy atom. The summed E-state index contributed by atoms with van der Waals surface area (Å²) in [6.45, 7) is 0.695. The van der Waals surface area contributed by atoms with E-state index in [1.54, 1.807) is 12.4 Å². The number of rotatable bonds is 3. The minimum Gasteiger partial charge on any atom is -0.396 e. The van der Waals surface area contributed by atoms with Crippen molar-refractivity contribution in [2.45, 2.75) is 6.54 Å². The van der Waals surface area contributed by atoms with Gasteiger partial charge in [-0.05, 0) is 23.8 Å². The molecule has 2 N–H and O–H groups in total. The lowest BCUT2D eigenvalue weighted by atomic mass is 10.2. The maximum Gasteiger partial charge on any atom is 0.0738 e. The van der Waals surface area contributed by atoms with Gasteiger partial charge in [-0.3, -0.25) is 4.98 Å². The highest BCUT2D eigenvalue weighted by molar-refractivity contribution is 9.10. The third kappa shape index (κ3) is 2.94. The van der Waals surface area contributed by atoms with Crippen LogP contribution in [0, 0.1) is 0 Å². The second-order valence-corrected chi connectivity index (χ2v) is 5.35. The van der Waals surface area contributed by atoms with Crippen molar-refractivity contribution < 1.29 is 0 Å². The third-order valence-electron chi connectivity index (χ3n) is 2.66. The van der Waals surface area contributed by atoms with Crippen molar-refractivity contribution in [2.75, 3.05) is 17.7 Å². The molecular weight excluding hydrogens is 314 g/mol. The molecule has 0 unspecified atom stereocenters. The van der Waals surface area contributed by atoms with Crippen LogP contribution in [0.25, 0.3) is 0 Å². The Balaban J connectivity index is 2.21. The fraction of sp³-hybridized carbons (Fsp3) is 0.154. The minimum atomic E-state index is 0.660. The van der Waals surface area contributed by atoms with E-state index in [0.717, 1.165) is 20.7 Å². The maximum absolute atomic E-state index is 6.20. The van der Waals surface area contributed by atoms with Crippen LogP contribution in [0.3, 0.4) is 0 Å². The van der Waals surface area contributed by atoms with Gasteiger partial charge in [0.05, 0.1) is 17.6 Å². The molecule has 2 aromatic rings. The molecule has 18 heavy (non-hydrogen) atoms. The van der Waals surface area contributed by atoms with Crippen LogP contribution in [-0.2, 0) is 6.54 Å². The summed E-state index contributed by atoms with van der Waals surface area (Å²) in [5, 5.41) is 0.740. The molecule has 0 bridgehead atoms. The maximum atomic E-state index is 6.20. The Morgan fingerprint density at radius 3 is 2.83 bits per heavy atom. The van der Waals surface area contributed by atoms with Gasteiger partial charge in [0.15, 0.2) is 0 Å². The van der Waals surface area contributed by atoms with Crippen molar-refractivity contribution in [2.24, 2.45) is 0 Å². The molecule has 1 aromatic carbocycles. The zero-order chi connectivity index (χ0) is 13.1. The third-order valence-corrected chi connectivity index (χ3v) is 3.51. The summed E-state index contributed by atoms with van der Waals surface area (Å²) in [6, 6.07) is 7.76. The average molecular weight is 327 g/mol. The molecule has 2 rings (SSSR count). The van der Waals surface area contributed by atoms with Crippen LogP contribution in [0.2, 0.25) is 5.02 Å². The van der Waals surface area contributed by atoms with Gasteiger partial charge in [-0.2, -0.15) is 0 Å². The van der Waals surface area contributed by atoms with Gasteiger partial charge in [-0.1, -0.05) is 33.6 Å². The lowest BCUT2D eigenvalue weighted by molar-refractivity contribution is 0.922. The van der Waals surface area contributed by atoms with Gasteiger partial charge in [0, 0.05) is 29.3 Å². The number of benzene rings is 1. The van der Waals surface area contributed by atoms with E-state index in [9.17, 15) is 0 Å². The van der Waals surface area contributed by atoms with Crippen molar-refractivity contribution in [3.63, 3.8) is 0 Å². The molecule has 0 radical (unpaired) electrons. The minimum absolute atomic E-state index is 0.660. The number of aromatic nitrogens is 1. The van der Waals surface area contributed by atoms with Crippen LogP contribution in [0.15, 0.2) is 41.1 Å². The molecule has 0 aliphatic heterocycles. The highest BCUT2D eigenvalue weighted by Crippen LogP contribution is 2.26. The highest BCUT2D eigenvalue weighted by atomic mass is 79.9. The molecule has 0 fully saturated rings. The van der Waals surface area contributed by atoms with Crippen LogP contribution in [-0.4, -0.2) is 12.0 Å². The molecule has 0 spiro atoms. The number of pyridine rings is 1. The molecule has 3 nitrogen and oxygen atoms in total. The predicted octanol–water partition coefficient (Wildman–Crippen LogP) is 3.72. The zero-order valence-corrected chi connectivity index (χ0v) is 12.2. The first kappa shape index (κ1) is 13.2.